The van der Waals surface area contributed by atoms with Gasteiger partial charge in [-0.25, -0.2) is 4.79 Å². The van der Waals surface area contributed by atoms with Crippen molar-refractivity contribution in [2.24, 2.45) is 5.41 Å². The Kier molecular flexibility index (Phi) is 8.81. The third-order valence-corrected chi connectivity index (χ3v) is 6.31. The molecule has 0 radical (unpaired) electrons. The number of fused-ring (bicyclic) bond motifs is 1. The molecule has 8 nitrogen and oxygen atoms in total. The first-order valence-electron chi connectivity index (χ1n) is 12.2. The minimum absolute atomic E-state index is 0.182. The Balaban J connectivity index is 1.86. The van der Waals surface area contributed by atoms with Gasteiger partial charge in [0.05, 0.1) is 30.9 Å². The molecular formula is C27H33F3N2O6. The molecule has 3 rings (SSSR count). The average Bonchev–Trinajstić information content (AvgIpc) is 2.84. The number of amides is 1. The third-order valence-electron chi connectivity index (χ3n) is 6.31. The molecule has 0 aromatic heterocycles. The van der Waals surface area contributed by atoms with Gasteiger partial charge in [0.1, 0.15) is 11.9 Å². The number of nitrogens with one attached hydrogen (secondary N) is 1. The van der Waals surface area contributed by atoms with Crippen molar-refractivity contribution in [3.63, 3.8) is 0 Å². The molecule has 2 aromatic carbocycles. The summed E-state index contributed by atoms with van der Waals surface area (Å²) in [6, 6.07) is 14.2. The lowest BCUT2D eigenvalue weighted by Crippen LogP contribution is -2.45. The topological polar surface area (TPSA) is 97.3 Å². The van der Waals surface area contributed by atoms with Gasteiger partial charge in [-0.2, -0.15) is 13.2 Å². The van der Waals surface area contributed by atoms with Gasteiger partial charge in [0.15, 0.2) is 0 Å². The van der Waals surface area contributed by atoms with Crippen LogP contribution in [0.25, 0.3) is 0 Å². The molecular weight excluding hydrogens is 505 g/mol. The summed E-state index contributed by atoms with van der Waals surface area (Å²) >= 11 is 0. The maximum Gasteiger partial charge on any atom is 0.427 e. The molecule has 0 saturated heterocycles. The second kappa shape index (κ2) is 11.5. The molecule has 0 spiro atoms. The number of benzene rings is 2. The van der Waals surface area contributed by atoms with E-state index in [1.165, 1.54) is 6.07 Å². The van der Waals surface area contributed by atoms with Crippen LogP contribution in [0.3, 0.4) is 0 Å². The van der Waals surface area contributed by atoms with Crippen LogP contribution in [-0.4, -0.2) is 54.8 Å². The fourth-order valence-electron chi connectivity index (χ4n) is 4.02. The zero-order valence-corrected chi connectivity index (χ0v) is 21.8. The summed E-state index contributed by atoms with van der Waals surface area (Å²) in [5, 5.41) is 12.3. The van der Waals surface area contributed by atoms with E-state index in [0.29, 0.717) is 24.5 Å². The van der Waals surface area contributed by atoms with Gasteiger partial charge in [0, 0.05) is 18.7 Å². The Hall–Kier alpha value is -3.47. The molecule has 2 N–H and O–H groups in total. The minimum Gasteiger partial charge on any atom is -0.486 e. The molecule has 0 saturated carbocycles. The Morgan fingerprint density at radius 3 is 2.42 bits per heavy atom. The predicted octanol–water partition coefficient (Wildman–Crippen LogP) is 5.30. The number of hydrogen-bond acceptors (Lipinski definition) is 7. The van der Waals surface area contributed by atoms with Gasteiger partial charge in [0.25, 0.3) is 0 Å². The number of rotatable bonds is 9. The first kappa shape index (κ1) is 29.1. The average molecular weight is 539 g/mol. The monoisotopic (exact) mass is 538 g/mol. The zero-order chi connectivity index (χ0) is 28.1. The Morgan fingerprint density at radius 1 is 1.13 bits per heavy atom. The van der Waals surface area contributed by atoms with Crippen LogP contribution in [0, 0.1) is 5.41 Å². The van der Waals surface area contributed by atoms with Crippen molar-refractivity contribution in [2.75, 3.05) is 30.0 Å². The van der Waals surface area contributed by atoms with E-state index >= 15 is 0 Å². The van der Waals surface area contributed by atoms with Crippen molar-refractivity contribution < 1.29 is 42.1 Å². The van der Waals surface area contributed by atoms with Crippen molar-refractivity contribution in [3.05, 3.63) is 54.1 Å². The second-order valence-corrected chi connectivity index (χ2v) is 9.95. The number of aliphatic hydroxyl groups excluding tert-OH is 1. The number of halogens is 3. The van der Waals surface area contributed by atoms with Crippen LogP contribution in [0.1, 0.15) is 39.7 Å². The van der Waals surface area contributed by atoms with Crippen molar-refractivity contribution in [1.29, 1.82) is 0 Å². The molecule has 1 aliphatic heterocycles. The van der Waals surface area contributed by atoms with Gasteiger partial charge in [-0.15, -0.1) is 0 Å². The minimum atomic E-state index is -4.73. The SMILES string of the molecule is CCOC(=O)C(C)(CO)CC1CN(Cc2ccccc2)c2cc(NC(=O)OC(C)(C)C(F)(F)F)ccc2O1. The summed E-state index contributed by atoms with van der Waals surface area (Å²) in [4.78, 5) is 26.7. The summed E-state index contributed by atoms with van der Waals surface area (Å²) < 4.78 is 55.3. The van der Waals surface area contributed by atoms with E-state index in [9.17, 15) is 27.9 Å². The van der Waals surface area contributed by atoms with Crippen LogP contribution >= 0.6 is 0 Å². The number of carbonyl (C=O) groups is 2. The second-order valence-electron chi connectivity index (χ2n) is 9.95. The molecule has 2 unspecified atom stereocenters. The predicted molar refractivity (Wildman–Crippen MR) is 135 cm³/mol. The first-order valence-corrected chi connectivity index (χ1v) is 12.2. The largest absolute Gasteiger partial charge is 0.486 e. The van der Waals surface area contributed by atoms with Gasteiger partial charge in [-0.05, 0) is 51.5 Å². The molecule has 1 amide bonds. The van der Waals surface area contributed by atoms with E-state index in [2.05, 4.69) is 10.1 Å². The lowest BCUT2D eigenvalue weighted by molar-refractivity contribution is -0.242. The molecule has 1 heterocycles. The highest BCUT2D eigenvalue weighted by Crippen LogP contribution is 2.40. The molecule has 2 atom stereocenters. The number of esters is 1. The van der Waals surface area contributed by atoms with Gasteiger partial charge in [-0.1, -0.05) is 30.3 Å². The van der Waals surface area contributed by atoms with E-state index in [1.807, 2.05) is 35.2 Å². The van der Waals surface area contributed by atoms with E-state index in [4.69, 9.17) is 9.47 Å². The fraction of sp³-hybridized carbons (Fsp3) is 0.481. The quantitative estimate of drug-likeness (QED) is 0.419. The normalized spacial score (nSPS) is 17.1. The van der Waals surface area contributed by atoms with Crippen molar-refractivity contribution in [1.82, 2.24) is 0 Å². The summed E-state index contributed by atoms with van der Waals surface area (Å²) in [6.07, 6.45) is -6.28. The molecule has 0 aliphatic carbocycles. The first-order chi connectivity index (χ1) is 17.8. The van der Waals surface area contributed by atoms with Crippen LogP contribution in [-0.2, 0) is 20.8 Å². The van der Waals surface area contributed by atoms with Crippen molar-refractivity contribution in [2.45, 2.75) is 58.5 Å². The van der Waals surface area contributed by atoms with Crippen LogP contribution in [0.4, 0.5) is 29.3 Å². The van der Waals surface area contributed by atoms with Gasteiger partial charge in [0.2, 0.25) is 5.60 Å². The number of aliphatic hydroxyl groups is 1. The highest BCUT2D eigenvalue weighted by Gasteiger charge is 2.51. The van der Waals surface area contributed by atoms with E-state index in [0.717, 1.165) is 19.4 Å². The standard InChI is InChI=1S/C27H33F3N2O6/c1-5-36-23(34)26(4,17-33)14-20-16-32(15-18-9-7-6-8-10-18)21-13-19(11-12-22(21)37-20)31-24(35)38-25(2,3)27(28,29)30/h6-13,20,33H,5,14-17H2,1-4H3,(H,31,35). The van der Waals surface area contributed by atoms with E-state index in [1.54, 1.807) is 26.0 Å². The number of nitrogens with zero attached hydrogens (tertiary/aromatic N) is 1. The number of hydrogen-bond donors (Lipinski definition) is 2. The van der Waals surface area contributed by atoms with Gasteiger partial charge < -0.3 is 24.2 Å². The van der Waals surface area contributed by atoms with Gasteiger partial charge in [-0.3, -0.25) is 10.1 Å². The highest BCUT2D eigenvalue weighted by atomic mass is 19.4. The molecule has 11 heteroatoms. The molecule has 208 valence electrons. The molecule has 2 aromatic rings. The lowest BCUT2D eigenvalue weighted by atomic mass is 9.84. The number of alkyl halides is 3. The lowest BCUT2D eigenvalue weighted by Gasteiger charge is -2.39. The Bertz CT molecular complexity index is 1130. The maximum atomic E-state index is 13.1. The summed E-state index contributed by atoms with van der Waals surface area (Å²) in [6.45, 7) is 5.40. The third kappa shape index (κ3) is 6.89. The van der Waals surface area contributed by atoms with Crippen molar-refractivity contribution >= 4 is 23.4 Å². The Labute approximate surface area is 219 Å². The Morgan fingerprint density at radius 2 is 1.82 bits per heavy atom. The summed E-state index contributed by atoms with van der Waals surface area (Å²) in [5.74, 6) is -0.0674. The number of anilines is 2. The summed E-state index contributed by atoms with van der Waals surface area (Å²) in [7, 11) is 0. The van der Waals surface area contributed by atoms with Crippen LogP contribution in [0.2, 0.25) is 0 Å². The van der Waals surface area contributed by atoms with Crippen LogP contribution < -0.4 is 15.0 Å². The molecule has 0 bridgehead atoms. The fourth-order valence-corrected chi connectivity index (χ4v) is 4.02. The molecule has 0 fully saturated rings. The number of carbonyl (C=O) groups excluding carboxylic acids is 2. The van der Waals surface area contributed by atoms with Crippen LogP contribution in [0.5, 0.6) is 5.75 Å². The highest BCUT2D eigenvalue weighted by molar-refractivity contribution is 5.86. The van der Waals surface area contributed by atoms with Crippen molar-refractivity contribution in [3.8, 4) is 5.75 Å². The number of ether oxygens (including phenoxy) is 3. The summed E-state index contributed by atoms with van der Waals surface area (Å²) in [5.41, 5.74) is -2.04. The van der Waals surface area contributed by atoms with Crippen LogP contribution in [0.15, 0.2) is 48.5 Å². The van der Waals surface area contributed by atoms with E-state index < -0.39 is 42.0 Å². The van der Waals surface area contributed by atoms with E-state index in [-0.39, 0.29) is 18.7 Å². The maximum absolute atomic E-state index is 13.1. The smallest absolute Gasteiger partial charge is 0.427 e. The zero-order valence-electron chi connectivity index (χ0n) is 21.8. The van der Waals surface area contributed by atoms with Gasteiger partial charge >= 0.3 is 18.2 Å². The molecule has 38 heavy (non-hydrogen) atoms. The molecule has 1 aliphatic rings.